The second-order valence-corrected chi connectivity index (χ2v) is 2.94. The molecular formula is C9H8N4O2. The fourth-order valence-electron chi connectivity index (χ4n) is 1.23. The van der Waals surface area contributed by atoms with Gasteiger partial charge < -0.3 is 5.11 Å². The highest BCUT2D eigenvalue weighted by atomic mass is 16.4. The number of rotatable bonds is 2. The van der Waals surface area contributed by atoms with Gasteiger partial charge in [-0.3, -0.25) is 4.68 Å². The van der Waals surface area contributed by atoms with Crippen LogP contribution in [0.5, 0.6) is 0 Å². The van der Waals surface area contributed by atoms with Crippen molar-refractivity contribution in [2.75, 3.05) is 0 Å². The van der Waals surface area contributed by atoms with E-state index in [1.807, 2.05) is 0 Å². The maximum Gasteiger partial charge on any atom is 0.354 e. The van der Waals surface area contributed by atoms with Gasteiger partial charge in [0.2, 0.25) is 0 Å². The zero-order valence-electron chi connectivity index (χ0n) is 7.95. The molecule has 6 heteroatoms. The van der Waals surface area contributed by atoms with Crippen molar-refractivity contribution in [3.8, 4) is 11.4 Å². The number of carboxylic acid groups (broad SMARTS) is 1. The lowest BCUT2D eigenvalue weighted by atomic mass is 10.3. The van der Waals surface area contributed by atoms with Gasteiger partial charge in [-0.25, -0.2) is 14.8 Å². The fourth-order valence-corrected chi connectivity index (χ4v) is 1.23. The molecule has 0 radical (unpaired) electrons. The monoisotopic (exact) mass is 204 g/mol. The third-order valence-electron chi connectivity index (χ3n) is 1.94. The Labute approximate surface area is 85.2 Å². The summed E-state index contributed by atoms with van der Waals surface area (Å²) < 4.78 is 1.31. The second-order valence-electron chi connectivity index (χ2n) is 2.94. The minimum atomic E-state index is -1.01. The molecule has 0 aromatic carbocycles. The van der Waals surface area contributed by atoms with E-state index in [2.05, 4.69) is 15.1 Å². The fraction of sp³-hybridized carbons (Fsp3) is 0.111. The second kappa shape index (κ2) is 3.49. The van der Waals surface area contributed by atoms with Gasteiger partial charge >= 0.3 is 5.97 Å². The van der Waals surface area contributed by atoms with Crippen LogP contribution >= 0.6 is 0 Å². The van der Waals surface area contributed by atoms with Gasteiger partial charge in [0.05, 0.1) is 5.69 Å². The van der Waals surface area contributed by atoms with Crippen molar-refractivity contribution in [3.63, 3.8) is 0 Å². The molecule has 0 aliphatic heterocycles. The van der Waals surface area contributed by atoms with Crippen molar-refractivity contribution < 1.29 is 9.90 Å². The van der Waals surface area contributed by atoms with E-state index in [1.165, 1.54) is 17.1 Å². The smallest absolute Gasteiger partial charge is 0.354 e. The van der Waals surface area contributed by atoms with E-state index in [4.69, 9.17) is 5.11 Å². The third-order valence-corrected chi connectivity index (χ3v) is 1.94. The molecule has 2 heterocycles. The first-order valence-corrected chi connectivity index (χ1v) is 4.22. The molecule has 0 bridgehead atoms. The first-order valence-electron chi connectivity index (χ1n) is 4.22. The Kier molecular flexibility index (Phi) is 2.17. The Bertz CT molecular complexity index is 492. The Morgan fingerprint density at radius 1 is 1.47 bits per heavy atom. The molecule has 0 aliphatic rings. The van der Waals surface area contributed by atoms with Crippen LogP contribution in [0.3, 0.4) is 0 Å². The summed E-state index contributed by atoms with van der Waals surface area (Å²) in [6.07, 6.45) is 2.97. The normalized spacial score (nSPS) is 10.2. The summed E-state index contributed by atoms with van der Waals surface area (Å²) in [5.74, 6) is -1.01. The van der Waals surface area contributed by atoms with Crippen LogP contribution in [-0.4, -0.2) is 30.8 Å². The number of carbonyl (C=O) groups is 1. The van der Waals surface area contributed by atoms with Crippen molar-refractivity contribution in [3.05, 3.63) is 30.4 Å². The first kappa shape index (κ1) is 9.32. The summed E-state index contributed by atoms with van der Waals surface area (Å²) >= 11 is 0. The van der Waals surface area contributed by atoms with E-state index < -0.39 is 5.97 Å². The first-order chi connectivity index (χ1) is 7.18. The van der Waals surface area contributed by atoms with E-state index in [1.54, 1.807) is 19.3 Å². The molecule has 1 N–H and O–H groups in total. The molecule has 2 rings (SSSR count). The Balaban J connectivity index is 2.48. The van der Waals surface area contributed by atoms with E-state index in [9.17, 15) is 4.79 Å². The Morgan fingerprint density at radius 3 is 2.80 bits per heavy atom. The molecule has 0 spiro atoms. The molecule has 0 saturated carbocycles. The van der Waals surface area contributed by atoms with Crippen molar-refractivity contribution >= 4 is 5.97 Å². The highest BCUT2D eigenvalue weighted by Gasteiger charge is 2.12. The van der Waals surface area contributed by atoms with Crippen LogP contribution in [0, 0.1) is 0 Å². The summed E-state index contributed by atoms with van der Waals surface area (Å²) in [6, 6.07) is 3.15. The van der Waals surface area contributed by atoms with Crippen molar-refractivity contribution in [1.82, 2.24) is 19.7 Å². The molecule has 0 fully saturated rings. The lowest BCUT2D eigenvalue weighted by Gasteiger charge is -1.92. The number of hydrogen-bond donors (Lipinski definition) is 1. The van der Waals surface area contributed by atoms with Crippen molar-refractivity contribution in [1.29, 1.82) is 0 Å². The van der Waals surface area contributed by atoms with Crippen molar-refractivity contribution in [2.45, 2.75) is 0 Å². The number of hydrogen-bond acceptors (Lipinski definition) is 4. The number of aromatic nitrogens is 4. The van der Waals surface area contributed by atoms with Crippen LogP contribution in [0.2, 0.25) is 0 Å². The Hall–Kier alpha value is -2.24. The van der Waals surface area contributed by atoms with Crippen LogP contribution in [0.4, 0.5) is 0 Å². The van der Waals surface area contributed by atoms with Gasteiger partial charge in [-0.2, -0.15) is 5.10 Å². The summed E-state index contributed by atoms with van der Waals surface area (Å²) in [5.41, 5.74) is 1.26. The topological polar surface area (TPSA) is 80.9 Å². The summed E-state index contributed by atoms with van der Waals surface area (Å²) in [4.78, 5) is 18.5. The van der Waals surface area contributed by atoms with Crippen molar-refractivity contribution in [2.24, 2.45) is 7.05 Å². The third kappa shape index (κ3) is 1.69. The zero-order chi connectivity index (χ0) is 10.8. The number of aromatic carboxylic acids is 1. The highest BCUT2D eigenvalue weighted by Crippen LogP contribution is 2.14. The highest BCUT2D eigenvalue weighted by molar-refractivity contribution is 5.87. The maximum atomic E-state index is 10.8. The molecule has 0 saturated heterocycles. The summed E-state index contributed by atoms with van der Waals surface area (Å²) in [7, 11) is 1.58. The van der Waals surface area contributed by atoms with Crippen LogP contribution in [0.15, 0.2) is 24.7 Å². The molecule has 76 valence electrons. The summed E-state index contributed by atoms with van der Waals surface area (Å²) in [6.45, 7) is 0. The zero-order valence-corrected chi connectivity index (χ0v) is 7.95. The quantitative estimate of drug-likeness (QED) is 0.773. The van der Waals surface area contributed by atoms with Gasteiger partial charge in [-0.05, 0) is 6.07 Å². The molecule has 6 nitrogen and oxygen atoms in total. The molecule has 0 atom stereocenters. The molecule has 0 amide bonds. The molecule has 0 unspecified atom stereocenters. The Morgan fingerprint density at radius 2 is 2.27 bits per heavy atom. The van der Waals surface area contributed by atoms with Gasteiger partial charge in [0.15, 0.2) is 0 Å². The largest absolute Gasteiger partial charge is 0.477 e. The number of nitrogens with zero attached hydrogens (tertiary/aromatic N) is 4. The van der Waals surface area contributed by atoms with Gasteiger partial charge in [-0.15, -0.1) is 0 Å². The predicted molar refractivity (Wildman–Crippen MR) is 51.2 cm³/mol. The average Bonchev–Trinajstić information content (AvgIpc) is 2.62. The predicted octanol–water partition coefficient (Wildman–Crippen LogP) is 0.575. The van der Waals surface area contributed by atoms with Gasteiger partial charge in [0.25, 0.3) is 0 Å². The minimum absolute atomic E-state index is 0.128. The lowest BCUT2D eigenvalue weighted by Crippen LogP contribution is -2.04. The average molecular weight is 204 g/mol. The van der Waals surface area contributed by atoms with E-state index in [0.717, 1.165) is 0 Å². The van der Waals surface area contributed by atoms with Crippen LogP contribution in [-0.2, 0) is 7.05 Å². The molecule has 2 aromatic heterocycles. The minimum Gasteiger partial charge on any atom is -0.477 e. The summed E-state index contributed by atoms with van der Waals surface area (Å²) in [5, 5.41) is 12.9. The van der Waals surface area contributed by atoms with E-state index in [0.29, 0.717) is 11.4 Å². The number of aryl methyl sites for hydroxylation is 1. The molecular weight excluding hydrogens is 196 g/mol. The van der Waals surface area contributed by atoms with E-state index >= 15 is 0 Å². The lowest BCUT2D eigenvalue weighted by molar-refractivity contribution is 0.0685. The van der Waals surface area contributed by atoms with Crippen LogP contribution in [0.1, 0.15) is 10.5 Å². The molecule has 15 heavy (non-hydrogen) atoms. The van der Waals surface area contributed by atoms with Gasteiger partial charge in [0.1, 0.15) is 17.7 Å². The van der Waals surface area contributed by atoms with Gasteiger partial charge in [0, 0.05) is 19.3 Å². The van der Waals surface area contributed by atoms with Gasteiger partial charge in [-0.1, -0.05) is 0 Å². The number of carboxylic acids is 1. The molecule has 2 aromatic rings. The molecule has 0 aliphatic carbocycles. The van der Waals surface area contributed by atoms with Crippen LogP contribution in [0.25, 0.3) is 11.4 Å². The van der Waals surface area contributed by atoms with Crippen LogP contribution < -0.4 is 0 Å². The standard InChI is InChI=1S/C9H8N4O2/c1-13-8(9(14)15)4-7(12-13)6-2-3-10-5-11-6/h2-5H,1H3,(H,14,15). The SMILES string of the molecule is Cn1nc(-c2ccncn2)cc1C(=O)O. The maximum absolute atomic E-state index is 10.8. The van der Waals surface area contributed by atoms with E-state index in [-0.39, 0.29) is 5.69 Å².